The van der Waals surface area contributed by atoms with Crippen molar-refractivity contribution >= 4 is 16.9 Å². The first-order chi connectivity index (χ1) is 7.24. The predicted molar refractivity (Wildman–Crippen MR) is 57.9 cm³/mol. The minimum Gasteiger partial charge on any atom is -0.383 e. The molecule has 1 unspecified atom stereocenters. The number of nitrogens with zero attached hydrogens (tertiary/aromatic N) is 4. The van der Waals surface area contributed by atoms with Crippen LogP contribution in [-0.2, 0) is 0 Å². The zero-order valence-electron chi connectivity index (χ0n) is 8.38. The van der Waals surface area contributed by atoms with E-state index in [2.05, 4.69) is 21.0 Å². The molecule has 0 bridgehead atoms. The second kappa shape index (κ2) is 3.58. The van der Waals surface area contributed by atoms with Crippen LogP contribution in [0.2, 0.25) is 0 Å². The fourth-order valence-electron chi connectivity index (χ4n) is 1.46. The third-order valence-corrected chi connectivity index (χ3v) is 2.25. The molecular formula is C10H11N5. The molecule has 2 aromatic heterocycles. The van der Waals surface area contributed by atoms with Crippen molar-refractivity contribution in [3.63, 3.8) is 0 Å². The summed E-state index contributed by atoms with van der Waals surface area (Å²) in [7, 11) is 0. The zero-order chi connectivity index (χ0) is 10.8. The molecule has 0 aliphatic carbocycles. The Kier molecular flexibility index (Phi) is 2.26. The average molecular weight is 201 g/mol. The van der Waals surface area contributed by atoms with Crippen LogP contribution in [0.15, 0.2) is 12.5 Å². The van der Waals surface area contributed by atoms with E-state index in [-0.39, 0.29) is 6.04 Å². The lowest BCUT2D eigenvalue weighted by Gasteiger charge is -2.08. The van der Waals surface area contributed by atoms with Gasteiger partial charge in [-0.1, -0.05) is 0 Å². The Morgan fingerprint density at radius 3 is 3.13 bits per heavy atom. The summed E-state index contributed by atoms with van der Waals surface area (Å²) in [4.78, 5) is 8.05. The number of hydrogen-bond acceptors (Lipinski definition) is 4. The molecule has 1 atom stereocenters. The molecule has 0 aromatic carbocycles. The van der Waals surface area contributed by atoms with Crippen molar-refractivity contribution < 1.29 is 0 Å². The minimum atomic E-state index is 0.113. The van der Waals surface area contributed by atoms with Gasteiger partial charge < -0.3 is 5.73 Å². The molecule has 0 radical (unpaired) electrons. The maximum Gasteiger partial charge on any atom is 0.163 e. The van der Waals surface area contributed by atoms with Crippen molar-refractivity contribution in [1.29, 1.82) is 0 Å². The highest BCUT2D eigenvalue weighted by atomic mass is 15.3. The Morgan fingerprint density at radius 1 is 1.60 bits per heavy atom. The van der Waals surface area contributed by atoms with E-state index in [1.165, 1.54) is 6.33 Å². The smallest absolute Gasteiger partial charge is 0.163 e. The Morgan fingerprint density at radius 2 is 2.40 bits per heavy atom. The summed E-state index contributed by atoms with van der Waals surface area (Å²) >= 11 is 0. The second-order valence-electron chi connectivity index (χ2n) is 3.34. The molecule has 5 heteroatoms. The van der Waals surface area contributed by atoms with Gasteiger partial charge in [0.25, 0.3) is 0 Å². The van der Waals surface area contributed by atoms with Gasteiger partial charge in [0.15, 0.2) is 5.65 Å². The number of terminal acetylenes is 1. The number of aromatic nitrogens is 4. The van der Waals surface area contributed by atoms with Gasteiger partial charge in [0.05, 0.1) is 17.6 Å². The van der Waals surface area contributed by atoms with Crippen molar-refractivity contribution in [3.8, 4) is 12.3 Å². The van der Waals surface area contributed by atoms with Crippen molar-refractivity contribution in [2.75, 3.05) is 5.73 Å². The Bertz CT molecular complexity index is 522. The number of anilines is 1. The van der Waals surface area contributed by atoms with Crippen LogP contribution < -0.4 is 5.73 Å². The normalized spacial score (nSPS) is 12.5. The van der Waals surface area contributed by atoms with Crippen molar-refractivity contribution in [2.24, 2.45) is 0 Å². The van der Waals surface area contributed by atoms with E-state index in [0.29, 0.717) is 12.2 Å². The Balaban J connectivity index is 2.55. The van der Waals surface area contributed by atoms with E-state index in [9.17, 15) is 0 Å². The van der Waals surface area contributed by atoms with Crippen LogP contribution in [0.4, 0.5) is 5.82 Å². The largest absolute Gasteiger partial charge is 0.383 e. The SMILES string of the molecule is C#CCC(C)n1ncc2c(N)ncnc21. The van der Waals surface area contributed by atoms with Crippen LogP contribution in [0.25, 0.3) is 11.0 Å². The monoisotopic (exact) mass is 201 g/mol. The van der Waals surface area contributed by atoms with E-state index in [0.717, 1.165) is 11.0 Å². The van der Waals surface area contributed by atoms with Gasteiger partial charge in [-0.05, 0) is 6.92 Å². The Labute approximate surface area is 87.3 Å². The van der Waals surface area contributed by atoms with Crippen LogP contribution in [0.3, 0.4) is 0 Å². The summed E-state index contributed by atoms with van der Waals surface area (Å²) in [6, 6.07) is 0.113. The van der Waals surface area contributed by atoms with E-state index < -0.39 is 0 Å². The number of nitrogen functional groups attached to an aromatic ring is 1. The maximum atomic E-state index is 5.70. The molecule has 5 nitrogen and oxygen atoms in total. The molecule has 0 saturated carbocycles. The molecule has 0 aliphatic rings. The molecular weight excluding hydrogens is 190 g/mol. The number of nitrogens with two attached hydrogens (primary N) is 1. The number of fused-ring (bicyclic) bond motifs is 1. The summed E-state index contributed by atoms with van der Waals surface area (Å²) in [6.07, 6.45) is 8.97. The number of rotatable bonds is 2. The summed E-state index contributed by atoms with van der Waals surface area (Å²) in [5, 5.41) is 4.98. The van der Waals surface area contributed by atoms with E-state index in [4.69, 9.17) is 12.2 Å². The molecule has 0 fully saturated rings. The third kappa shape index (κ3) is 1.50. The Hall–Kier alpha value is -2.09. The molecule has 2 heterocycles. The predicted octanol–water partition coefficient (Wildman–Crippen LogP) is 0.993. The van der Waals surface area contributed by atoms with E-state index in [1.807, 2.05) is 6.92 Å². The lowest BCUT2D eigenvalue weighted by Crippen LogP contribution is -2.07. The van der Waals surface area contributed by atoms with Gasteiger partial charge in [0.2, 0.25) is 0 Å². The van der Waals surface area contributed by atoms with Crippen molar-refractivity contribution in [2.45, 2.75) is 19.4 Å². The molecule has 2 N–H and O–H groups in total. The van der Waals surface area contributed by atoms with Gasteiger partial charge in [-0.25, -0.2) is 14.6 Å². The minimum absolute atomic E-state index is 0.113. The summed E-state index contributed by atoms with van der Waals surface area (Å²) in [5.41, 5.74) is 6.43. The van der Waals surface area contributed by atoms with Crippen LogP contribution in [-0.4, -0.2) is 19.7 Å². The van der Waals surface area contributed by atoms with Crippen molar-refractivity contribution in [1.82, 2.24) is 19.7 Å². The van der Waals surface area contributed by atoms with Crippen molar-refractivity contribution in [3.05, 3.63) is 12.5 Å². The maximum absolute atomic E-state index is 5.70. The van der Waals surface area contributed by atoms with Crippen LogP contribution in [0.1, 0.15) is 19.4 Å². The van der Waals surface area contributed by atoms with Gasteiger partial charge in [-0.2, -0.15) is 5.10 Å². The van der Waals surface area contributed by atoms with Gasteiger partial charge in [0, 0.05) is 6.42 Å². The first-order valence-corrected chi connectivity index (χ1v) is 4.61. The van der Waals surface area contributed by atoms with E-state index in [1.54, 1.807) is 10.9 Å². The highest BCUT2D eigenvalue weighted by molar-refractivity contribution is 5.84. The summed E-state index contributed by atoms with van der Waals surface area (Å²) < 4.78 is 1.77. The van der Waals surface area contributed by atoms with Gasteiger partial charge in [-0.15, -0.1) is 12.3 Å². The fourth-order valence-corrected chi connectivity index (χ4v) is 1.46. The van der Waals surface area contributed by atoms with Crippen LogP contribution in [0, 0.1) is 12.3 Å². The quantitative estimate of drug-likeness (QED) is 0.736. The van der Waals surface area contributed by atoms with Crippen LogP contribution >= 0.6 is 0 Å². The van der Waals surface area contributed by atoms with E-state index >= 15 is 0 Å². The lowest BCUT2D eigenvalue weighted by molar-refractivity contribution is 0.515. The van der Waals surface area contributed by atoms with Gasteiger partial charge >= 0.3 is 0 Å². The topological polar surface area (TPSA) is 69.6 Å². The molecule has 0 amide bonds. The molecule has 15 heavy (non-hydrogen) atoms. The lowest BCUT2D eigenvalue weighted by atomic mass is 10.2. The summed E-state index contributed by atoms with van der Waals surface area (Å²) in [5.74, 6) is 3.04. The highest BCUT2D eigenvalue weighted by Gasteiger charge is 2.11. The first kappa shape index (κ1) is 9.46. The first-order valence-electron chi connectivity index (χ1n) is 4.61. The molecule has 2 aromatic rings. The molecule has 76 valence electrons. The molecule has 0 aliphatic heterocycles. The zero-order valence-corrected chi connectivity index (χ0v) is 8.38. The standard InChI is InChI=1S/C10H11N5/c1-3-4-7(2)15-10-8(5-14-15)9(11)12-6-13-10/h1,5-7H,4H2,2H3,(H2,11,12,13). The second-order valence-corrected chi connectivity index (χ2v) is 3.34. The van der Waals surface area contributed by atoms with Gasteiger partial charge in [-0.3, -0.25) is 0 Å². The highest BCUT2D eigenvalue weighted by Crippen LogP contribution is 2.20. The fraction of sp³-hybridized carbons (Fsp3) is 0.300. The average Bonchev–Trinajstić information content (AvgIpc) is 2.63. The van der Waals surface area contributed by atoms with Gasteiger partial charge in [0.1, 0.15) is 12.1 Å². The molecule has 0 saturated heterocycles. The summed E-state index contributed by atoms with van der Waals surface area (Å²) in [6.45, 7) is 1.99. The van der Waals surface area contributed by atoms with Crippen LogP contribution in [0.5, 0.6) is 0 Å². The molecule has 2 rings (SSSR count). The number of hydrogen-bond donors (Lipinski definition) is 1. The third-order valence-electron chi connectivity index (χ3n) is 2.25. The molecule has 0 spiro atoms.